The molecule has 0 aromatic heterocycles. The SMILES string of the molecule is CCOC(=O)[C@@]1(C)CCCCC1O. The Hall–Kier alpha value is -0.570. The van der Waals surface area contributed by atoms with Crippen LogP contribution in [-0.2, 0) is 9.53 Å². The lowest BCUT2D eigenvalue weighted by atomic mass is 9.73. The zero-order chi connectivity index (χ0) is 9.90. The second kappa shape index (κ2) is 4.09. The predicted octanol–water partition coefficient (Wildman–Crippen LogP) is 1.49. The third kappa shape index (κ3) is 2.02. The summed E-state index contributed by atoms with van der Waals surface area (Å²) >= 11 is 0. The van der Waals surface area contributed by atoms with Gasteiger partial charge in [-0.25, -0.2) is 0 Å². The highest BCUT2D eigenvalue weighted by atomic mass is 16.5. The van der Waals surface area contributed by atoms with Crippen LogP contribution in [0.2, 0.25) is 0 Å². The van der Waals surface area contributed by atoms with Gasteiger partial charge < -0.3 is 9.84 Å². The van der Waals surface area contributed by atoms with Crippen LogP contribution < -0.4 is 0 Å². The lowest BCUT2D eigenvalue weighted by Gasteiger charge is -2.35. The van der Waals surface area contributed by atoms with E-state index in [0.717, 1.165) is 25.7 Å². The van der Waals surface area contributed by atoms with Gasteiger partial charge in [0.1, 0.15) is 0 Å². The summed E-state index contributed by atoms with van der Waals surface area (Å²) in [4.78, 5) is 11.5. The molecule has 1 aliphatic rings. The van der Waals surface area contributed by atoms with Gasteiger partial charge in [-0.1, -0.05) is 12.8 Å². The average molecular weight is 186 g/mol. The van der Waals surface area contributed by atoms with Crippen LogP contribution in [0.5, 0.6) is 0 Å². The molecule has 1 aliphatic carbocycles. The molecular formula is C10H18O3. The fourth-order valence-corrected chi connectivity index (χ4v) is 1.85. The van der Waals surface area contributed by atoms with E-state index in [1.54, 1.807) is 13.8 Å². The molecule has 3 heteroatoms. The van der Waals surface area contributed by atoms with Gasteiger partial charge in [0.05, 0.1) is 18.1 Å². The van der Waals surface area contributed by atoms with Crippen LogP contribution in [0.1, 0.15) is 39.5 Å². The predicted molar refractivity (Wildman–Crippen MR) is 49.2 cm³/mol. The van der Waals surface area contributed by atoms with E-state index in [2.05, 4.69) is 0 Å². The topological polar surface area (TPSA) is 46.5 Å². The Kier molecular flexibility index (Phi) is 3.31. The minimum absolute atomic E-state index is 0.248. The lowest BCUT2D eigenvalue weighted by molar-refractivity contribution is -0.164. The van der Waals surface area contributed by atoms with Crippen molar-refractivity contribution in [1.82, 2.24) is 0 Å². The van der Waals surface area contributed by atoms with Gasteiger partial charge in [0.15, 0.2) is 0 Å². The molecule has 0 amide bonds. The zero-order valence-electron chi connectivity index (χ0n) is 8.38. The number of carbonyl (C=O) groups is 1. The largest absolute Gasteiger partial charge is 0.465 e. The molecule has 2 atom stereocenters. The summed E-state index contributed by atoms with van der Waals surface area (Å²) in [6, 6.07) is 0. The standard InChI is InChI=1S/C10H18O3/c1-3-13-9(12)10(2)7-5-4-6-8(10)11/h8,11H,3-7H2,1-2H3/t8?,10-/m0/s1. The number of ether oxygens (including phenoxy) is 1. The van der Waals surface area contributed by atoms with Crippen molar-refractivity contribution in [2.24, 2.45) is 5.41 Å². The van der Waals surface area contributed by atoms with Crippen molar-refractivity contribution in [3.8, 4) is 0 Å². The Labute approximate surface area is 79.1 Å². The Balaban J connectivity index is 2.65. The van der Waals surface area contributed by atoms with Crippen LogP contribution in [0.4, 0.5) is 0 Å². The number of hydrogen-bond acceptors (Lipinski definition) is 3. The first-order chi connectivity index (χ1) is 6.11. The Morgan fingerprint density at radius 1 is 1.62 bits per heavy atom. The molecule has 0 radical (unpaired) electrons. The van der Waals surface area contributed by atoms with Crippen LogP contribution in [0.3, 0.4) is 0 Å². The molecular weight excluding hydrogens is 168 g/mol. The summed E-state index contributed by atoms with van der Waals surface area (Å²) in [6.07, 6.45) is 2.95. The molecule has 0 bridgehead atoms. The van der Waals surface area contributed by atoms with Crippen molar-refractivity contribution < 1.29 is 14.6 Å². The highest BCUT2D eigenvalue weighted by Crippen LogP contribution is 2.37. The van der Waals surface area contributed by atoms with E-state index in [4.69, 9.17) is 4.74 Å². The number of aliphatic hydroxyl groups is 1. The van der Waals surface area contributed by atoms with Crippen molar-refractivity contribution in [2.45, 2.75) is 45.6 Å². The Bertz CT molecular complexity index is 191. The molecule has 1 rings (SSSR count). The first-order valence-electron chi connectivity index (χ1n) is 4.96. The number of aliphatic hydroxyl groups excluding tert-OH is 1. The van der Waals surface area contributed by atoms with E-state index < -0.39 is 11.5 Å². The molecule has 1 fully saturated rings. The molecule has 0 heterocycles. The summed E-state index contributed by atoms with van der Waals surface area (Å²) in [5, 5.41) is 9.72. The van der Waals surface area contributed by atoms with Gasteiger partial charge in [0.2, 0.25) is 0 Å². The van der Waals surface area contributed by atoms with Gasteiger partial charge in [-0.15, -0.1) is 0 Å². The van der Waals surface area contributed by atoms with Gasteiger partial charge in [-0.3, -0.25) is 4.79 Å². The first-order valence-corrected chi connectivity index (χ1v) is 4.96. The molecule has 13 heavy (non-hydrogen) atoms. The van der Waals surface area contributed by atoms with Crippen molar-refractivity contribution >= 4 is 5.97 Å². The molecule has 0 aromatic rings. The van der Waals surface area contributed by atoms with Gasteiger partial charge >= 0.3 is 5.97 Å². The number of hydrogen-bond donors (Lipinski definition) is 1. The van der Waals surface area contributed by atoms with Crippen LogP contribution in [0.25, 0.3) is 0 Å². The highest BCUT2D eigenvalue weighted by molar-refractivity contribution is 5.77. The van der Waals surface area contributed by atoms with Crippen molar-refractivity contribution in [1.29, 1.82) is 0 Å². The van der Waals surface area contributed by atoms with E-state index in [0.29, 0.717) is 6.61 Å². The maximum atomic E-state index is 11.5. The van der Waals surface area contributed by atoms with Gasteiger partial charge in [-0.05, 0) is 26.7 Å². The summed E-state index contributed by atoms with van der Waals surface area (Å²) < 4.78 is 4.96. The molecule has 76 valence electrons. The molecule has 0 saturated heterocycles. The van der Waals surface area contributed by atoms with E-state index in [9.17, 15) is 9.90 Å². The van der Waals surface area contributed by atoms with E-state index in [1.807, 2.05) is 0 Å². The number of carbonyl (C=O) groups excluding carboxylic acids is 1. The smallest absolute Gasteiger partial charge is 0.314 e. The second-order valence-electron chi connectivity index (χ2n) is 3.90. The van der Waals surface area contributed by atoms with Crippen LogP contribution in [0.15, 0.2) is 0 Å². The average Bonchev–Trinajstić information content (AvgIpc) is 2.11. The third-order valence-electron chi connectivity index (χ3n) is 2.90. The highest BCUT2D eigenvalue weighted by Gasteiger charge is 2.43. The molecule has 0 spiro atoms. The van der Waals surface area contributed by atoms with Crippen molar-refractivity contribution in [3.63, 3.8) is 0 Å². The zero-order valence-corrected chi connectivity index (χ0v) is 8.38. The molecule has 0 aromatic carbocycles. The first kappa shape index (κ1) is 10.5. The van der Waals surface area contributed by atoms with E-state index in [1.165, 1.54) is 0 Å². The van der Waals surface area contributed by atoms with Crippen molar-refractivity contribution in [2.75, 3.05) is 6.61 Å². The van der Waals surface area contributed by atoms with E-state index >= 15 is 0 Å². The number of esters is 1. The second-order valence-corrected chi connectivity index (χ2v) is 3.90. The Morgan fingerprint density at radius 3 is 2.85 bits per heavy atom. The normalized spacial score (nSPS) is 34.2. The van der Waals surface area contributed by atoms with Crippen LogP contribution in [-0.4, -0.2) is 23.8 Å². The molecule has 1 unspecified atom stereocenters. The minimum Gasteiger partial charge on any atom is -0.465 e. The summed E-state index contributed by atoms with van der Waals surface area (Å²) in [7, 11) is 0. The van der Waals surface area contributed by atoms with Crippen LogP contribution in [0, 0.1) is 5.41 Å². The maximum absolute atomic E-state index is 11.5. The molecule has 0 aliphatic heterocycles. The summed E-state index contributed by atoms with van der Waals surface area (Å²) in [6.45, 7) is 3.98. The summed E-state index contributed by atoms with van der Waals surface area (Å²) in [5.41, 5.74) is -0.658. The van der Waals surface area contributed by atoms with E-state index in [-0.39, 0.29) is 5.97 Å². The molecule has 3 nitrogen and oxygen atoms in total. The maximum Gasteiger partial charge on any atom is 0.314 e. The molecule has 1 N–H and O–H groups in total. The van der Waals surface area contributed by atoms with Crippen molar-refractivity contribution in [3.05, 3.63) is 0 Å². The fourth-order valence-electron chi connectivity index (χ4n) is 1.85. The third-order valence-corrected chi connectivity index (χ3v) is 2.90. The summed E-state index contributed by atoms with van der Waals surface area (Å²) in [5.74, 6) is -0.248. The quantitative estimate of drug-likeness (QED) is 0.665. The lowest BCUT2D eigenvalue weighted by Crippen LogP contribution is -2.43. The van der Waals surface area contributed by atoms with Gasteiger partial charge in [0.25, 0.3) is 0 Å². The van der Waals surface area contributed by atoms with Gasteiger partial charge in [-0.2, -0.15) is 0 Å². The fraction of sp³-hybridized carbons (Fsp3) is 0.900. The Morgan fingerprint density at radius 2 is 2.31 bits per heavy atom. The minimum atomic E-state index is -0.658. The van der Waals surface area contributed by atoms with Crippen LogP contribution >= 0.6 is 0 Å². The monoisotopic (exact) mass is 186 g/mol. The number of rotatable bonds is 2. The van der Waals surface area contributed by atoms with Gasteiger partial charge in [0, 0.05) is 0 Å². The molecule has 1 saturated carbocycles.